The number of aryl methyl sites for hydroxylation is 1. The number of anilines is 1. The highest BCUT2D eigenvalue weighted by Gasteiger charge is 2.17. The van der Waals surface area contributed by atoms with Crippen molar-refractivity contribution in [2.45, 2.75) is 77.8 Å². The van der Waals surface area contributed by atoms with E-state index >= 15 is 0 Å². The summed E-state index contributed by atoms with van der Waals surface area (Å²) in [6.07, 6.45) is 10.5. The van der Waals surface area contributed by atoms with Crippen molar-refractivity contribution < 1.29 is 4.79 Å². The second-order valence-corrected chi connectivity index (χ2v) is 7.29. The molecule has 4 N–H and O–H groups in total. The molecular weight excluding hydrogens is 326 g/mol. The number of amides is 1. The van der Waals surface area contributed by atoms with Crippen molar-refractivity contribution in [3.8, 4) is 0 Å². The van der Waals surface area contributed by atoms with Gasteiger partial charge >= 0.3 is 0 Å². The lowest BCUT2D eigenvalue weighted by molar-refractivity contribution is 0.0976. The fourth-order valence-electron chi connectivity index (χ4n) is 3.50. The second-order valence-electron chi connectivity index (χ2n) is 7.29. The molecule has 0 radical (unpaired) electrons. The molecule has 1 heterocycles. The molecule has 6 nitrogen and oxygen atoms in total. The van der Waals surface area contributed by atoms with Gasteiger partial charge in [-0.2, -0.15) is 0 Å². The van der Waals surface area contributed by atoms with Gasteiger partial charge in [-0.15, -0.1) is 0 Å². The van der Waals surface area contributed by atoms with Gasteiger partial charge in [-0.25, -0.2) is 4.98 Å². The molecule has 6 heteroatoms. The van der Waals surface area contributed by atoms with Crippen molar-refractivity contribution in [2.75, 3.05) is 11.9 Å². The van der Waals surface area contributed by atoms with Crippen LogP contribution in [-0.4, -0.2) is 35.4 Å². The van der Waals surface area contributed by atoms with Gasteiger partial charge in [0, 0.05) is 24.8 Å². The zero-order chi connectivity index (χ0) is 18.9. The Morgan fingerprint density at radius 1 is 1.35 bits per heavy atom. The third-order valence-corrected chi connectivity index (χ3v) is 5.00. The smallest absolute Gasteiger partial charge is 0.258 e. The first-order valence-corrected chi connectivity index (χ1v) is 9.82. The van der Waals surface area contributed by atoms with E-state index in [9.17, 15) is 4.79 Å². The minimum atomic E-state index is -0.289. The maximum atomic E-state index is 11.9. The molecule has 0 aromatic carbocycles. The Bertz CT molecular complexity index is 610. The maximum Gasteiger partial charge on any atom is 0.258 e. The van der Waals surface area contributed by atoms with E-state index in [1.54, 1.807) is 13.1 Å². The molecule has 2 rings (SSSR count). The second kappa shape index (κ2) is 10.3. The number of hydrogen-bond acceptors (Lipinski definition) is 5. The van der Waals surface area contributed by atoms with Crippen molar-refractivity contribution >= 4 is 17.6 Å². The molecule has 1 atom stereocenters. The number of nitrogens with one attached hydrogen (secondary N) is 4. The lowest BCUT2D eigenvalue weighted by atomic mass is 9.94. The summed E-state index contributed by atoms with van der Waals surface area (Å²) >= 11 is 0. The summed E-state index contributed by atoms with van der Waals surface area (Å²) in [7, 11) is 0. The summed E-state index contributed by atoms with van der Waals surface area (Å²) in [5.74, 6) is 0.661. The number of pyridine rings is 1. The highest BCUT2D eigenvalue weighted by molar-refractivity contribution is 6.04. The first-order valence-electron chi connectivity index (χ1n) is 9.82. The molecule has 0 saturated heterocycles. The van der Waals surface area contributed by atoms with Crippen molar-refractivity contribution in [2.24, 2.45) is 0 Å². The summed E-state index contributed by atoms with van der Waals surface area (Å²) in [5, 5.41) is 17.0. The van der Waals surface area contributed by atoms with Gasteiger partial charge in [-0.05, 0) is 51.2 Å². The number of carbonyl (C=O) groups excluding carboxylic acids is 1. The summed E-state index contributed by atoms with van der Waals surface area (Å²) in [6, 6.07) is 3.03. The Morgan fingerprint density at radius 3 is 2.69 bits per heavy atom. The Hall–Kier alpha value is -1.95. The van der Waals surface area contributed by atoms with Crippen LogP contribution < -0.4 is 16.0 Å². The fraction of sp³-hybridized carbons (Fsp3) is 0.650. The molecular formula is C20H33N5O. The molecule has 1 saturated carbocycles. The number of amidine groups is 1. The molecule has 26 heavy (non-hydrogen) atoms. The quantitative estimate of drug-likeness (QED) is 0.421. The van der Waals surface area contributed by atoms with Crippen LogP contribution in [0.25, 0.3) is 0 Å². The first-order chi connectivity index (χ1) is 12.5. The van der Waals surface area contributed by atoms with Crippen LogP contribution in [-0.2, 0) is 0 Å². The molecule has 144 valence electrons. The third kappa shape index (κ3) is 6.41. The van der Waals surface area contributed by atoms with Crippen LogP contribution in [0.5, 0.6) is 0 Å². The van der Waals surface area contributed by atoms with Crippen LogP contribution in [0, 0.1) is 12.3 Å². The van der Waals surface area contributed by atoms with Crippen LogP contribution in [0.15, 0.2) is 12.3 Å². The Morgan fingerprint density at radius 2 is 2.08 bits per heavy atom. The molecule has 1 fully saturated rings. The van der Waals surface area contributed by atoms with E-state index in [0.717, 1.165) is 30.8 Å². The predicted molar refractivity (Wildman–Crippen MR) is 107 cm³/mol. The average Bonchev–Trinajstić information content (AvgIpc) is 2.62. The summed E-state index contributed by atoms with van der Waals surface area (Å²) in [4.78, 5) is 16.3. The lowest BCUT2D eigenvalue weighted by Crippen LogP contribution is -2.40. The standard InChI is InChI=1S/C20H33N5O/c1-4-17(25-18-8-6-5-7-9-18)10-11-22-19-14(2)12-16(13-23-19)20(26)24-15(3)21/h12-13,17-18,25H,4-11H2,1-3H3,(H,22,23)(H2,21,24,26). The van der Waals surface area contributed by atoms with Crippen LogP contribution in [0.1, 0.15) is 74.7 Å². The van der Waals surface area contributed by atoms with Crippen molar-refractivity contribution in [3.05, 3.63) is 23.4 Å². The average molecular weight is 360 g/mol. The zero-order valence-corrected chi connectivity index (χ0v) is 16.3. The molecule has 1 aromatic heterocycles. The zero-order valence-electron chi connectivity index (χ0n) is 16.3. The third-order valence-electron chi connectivity index (χ3n) is 5.00. The summed E-state index contributed by atoms with van der Waals surface area (Å²) < 4.78 is 0. The number of nitrogens with zero attached hydrogens (tertiary/aromatic N) is 1. The molecule has 1 aromatic rings. The van der Waals surface area contributed by atoms with Crippen molar-refractivity contribution in [1.82, 2.24) is 15.6 Å². The molecule has 1 unspecified atom stereocenters. The van der Waals surface area contributed by atoms with E-state index in [2.05, 4.69) is 27.9 Å². The van der Waals surface area contributed by atoms with E-state index in [1.807, 2.05) is 13.0 Å². The van der Waals surface area contributed by atoms with Gasteiger partial charge in [0.15, 0.2) is 0 Å². The van der Waals surface area contributed by atoms with E-state index in [1.165, 1.54) is 32.1 Å². The lowest BCUT2D eigenvalue weighted by Gasteiger charge is -2.28. The van der Waals surface area contributed by atoms with Gasteiger partial charge in [-0.1, -0.05) is 26.2 Å². The molecule has 0 spiro atoms. The number of aromatic nitrogens is 1. The van der Waals surface area contributed by atoms with Gasteiger partial charge in [0.05, 0.1) is 11.4 Å². The Kier molecular flexibility index (Phi) is 8.04. The highest BCUT2D eigenvalue weighted by Crippen LogP contribution is 2.19. The first kappa shape index (κ1) is 20.4. The van der Waals surface area contributed by atoms with Gasteiger partial charge in [-0.3, -0.25) is 10.2 Å². The minimum absolute atomic E-state index is 0.130. The van der Waals surface area contributed by atoms with E-state index < -0.39 is 0 Å². The van der Waals surface area contributed by atoms with Gasteiger partial charge < -0.3 is 16.0 Å². The minimum Gasteiger partial charge on any atom is -0.370 e. The Balaban J connectivity index is 1.82. The highest BCUT2D eigenvalue weighted by atomic mass is 16.1. The van der Waals surface area contributed by atoms with Gasteiger partial charge in [0.2, 0.25) is 0 Å². The molecule has 1 aliphatic rings. The summed E-state index contributed by atoms with van der Waals surface area (Å²) in [6.45, 7) is 6.58. The van der Waals surface area contributed by atoms with Crippen molar-refractivity contribution in [1.29, 1.82) is 5.41 Å². The molecule has 0 bridgehead atoms. The largest absolute Gasteiger partial charge is 0.370 e. The van der Waals surface area contributed by atoms with Gasteiger partial charge in [0.25, 0.3) is 5.91 Å². The van der Waals surface area contributed by atoms with Crippen molar-refractivity contribution in [3.63, 3.8) is 0 Å². The van der Waals surface area contributed by atoms with E-state index in [-0.39, 0.29) is 11.7 Å². The molecule has 1 aliphatic carbocycles. The van der Waals surface area contributed by atoms with Crippen LogP contribution >= 0.6 is 0 Å². The van der Waals surface area contributed by atoms with Gasteiger partial charge in [0.1, 0.15) is 5.82 Å². The maximum absolute atomic E-state index is 11.9. The topological polar surface area (TPSA) is 89.9 Å². The molecule has 1 amide bonds. The Labute approximate surface area is 157 Å². The van der Waals surface area contributed by atoms with E-state index in [0.29, 0.717) is 17.6 Å². The molecule has 0 aliphatic heterocycles. The van der Waals surface area contributed by atoms with E-state index in [4.69, 9.17) is 5.41 Å². The number of carbonyl (C=O) groups is 1. The number of rotatable bonds is 8. The monoisotopic (exact) mass is 359 g/mol. The normalized spacial score (nSPS) is 16.1. The van der Waals surface area contributed by atoms with Crippen LogP contribution in [0.4, 0.5) is 5.82 Å². The summed E-state index contributed by atoms with van der Waals surface area (Å²) in [5.41, 5.74) is 1.42. The van der Waals surface area contributed by atoms with Crippen LogP contribution in [0.2, 0.25) is 0 Å². The SMILES string of the molecule is CCC(CCNc1ncc(C(=O)NC(C)=N)cc1C)NC1CCCCC1. The number of hydrogen-bond donors (Lipinski definition) is 4. The van der Waals surface area contributed by atoms with Crippen LogP contribution in [0.3, 0.4) is 0 Å². The fourth-order valence-corrected chi connectivity index (χ4v) is 3.50. The predicted octanol–water partition coefficient (Wildman–Crippen LogP) is 3.62.